The van der Waals surface area contributed by atoms with Gasteiger partial charge in [-0.15, -0.1) is 6.58 Å². The van der Waals surface area contributed by atoms with E-state index in [4.69, 9.17) is 0 Å². The van der Waals surface area contributed by atoms with Gasteiger partial charge in [-0.1, -0.05) is 44.9 Å². The van der Waals surface area contributed by atoms with Crippen LogP contribution in [0.25, 0.3) is 0 Å². The molecule has 0 saturated heterocycles. The molecule has 0 N–H and O–H groups in total. The molecule has 0 aliphatic carbocycles. The average Bonchev–Trinajstić information content (AvgIpc) is 2.16. The Hall–Kier alpha value is -0.520. The van der Waals surface area contributed by atoms with Crippen LogP contribution >= 0.6 is 0 Å². The molecule has 0 heterocycles. The average molecular weight is 168 g/mol. The smallest absolute Gasteiger partial charge is 0.0267 e. The molecule has 0 amide bonds. The van der Waals surface area contributed by atoms with Crippen molar-refractivity contribution in [3.05, 3.63) is 24.3 Å². The summed E-state index contributed by atoms with van der Waals surface area (Å²) in [5, 5.41) is 0. The van der Waals surface area contributed by atoms with E-state index >= 15 is 0 Å². The van der Waals surface area contributed by atoms with Gasteiger partial charge in [-0.25, -0.2) is 0 Å². The van der Waals surface area contributed by atoms with Crippen molar-refractivity contribution in [1.82, 2.24) is 0 Å². The van der Waals surface area contributed by atoms with Crippen molar-refractivity contribution in [1.29, 1.82) is 0 Å². The van der Waals surface area contributed by atoms with E-state index in [1.165, 1.54) is 18.4 Å². The highest BCUT2D eigenvalue weighted by atomic mass is 13.9. The topological polar surface area (TPSA) is 0 Å². The normalized spacial score (nSPS) is 12.9. The Balaban J connectivity index is 0. The van der Waals surface area contributed by atoms with E-state index in [1.54, 1.807) is 0 Å². The molecule has 0 spiro atoms. The largest absolute Gasteiger partial charge is 0.103 e. The van der Waals surface area contributed by atoms with Crippen molar-refractivity contribution in [2.75, 3.05) is 0 Å². The summed E-state index contributed by atoms with van der Waals surface area (Å²) in [4.78, 5) is 0. The van der Waals surface area contributed by atoms with Crippen LogP contribution in [0.15, 0.2) is 24.3 Å². The van der Waals surface area contributed by atoms with Crippen LogP contribution in [0.3, 0.4) is 0 Å². The SMILES string of the molecule is C=CC(C)CC.CC=C(C)CC. The lowest BCUT2D eigenvalue weighted by atomic mass is 10.1. The summed E-state index contributed by atoms with van der Waals surface area (Å²) in [5.74, 6) is 0.699. The molecule has 0 nitrogen and oxygen atoms in total. The molecule has 0 bridgehead atoms. The Kier molecular flexibility index (Phi) is 12.3. The lowest BCUT2D eigenvalue weighted by Gasteiger charge is -1.93. The van der Waals surface area contributed by atoms with Crippen molar-refractivity contribution in [3.8, 4) is 0 Å². The molecule has 12 heavy (non-hydrogen) atoms. The van der Waals surface area contributed by atoms with Crippen LogP contribution in [0.2, 0.25) is 0 Å². The summed E-state index contributed by atoms with van der Waals surface area (Å²) in [5.41, 5.74) is 1.47. The standard InChI is InChI=1S/2C6H12/c2*1-4-6(3)5-2/h4H,5H2,1-3H3;4,6H,1,5H2,2-3H3. The lowest BCUT2D eigenvalue weighted by molar-refractivity contribution is 0.700. The Morgan fingerprint density at radius 3 is 1.92 bits per heavy atom. The highest BCUT2D eigenvalue weighted by Gasteiger charge is 1.84. The Labute approximate surface area is 78.4 Å². The van der Waals surface area contributed by atoms with E-state index in [0.717, 1.165) is 0 Å². The van der Waals surface area contributed by atoms with Crippen molar-refractivity contribution in [2.24, 2.45) is 5.92 Å². The fourth-order valence-electron chi connectivity index (χ4n) is 0.371. The van der Waals surface area contributed by atoms with Gasteiger partial charge in [0.2, 0.25) is 0 Å². The lowest BCUT2D eigenvalue weighted by Crippen LogP contribution is -1.80. The molecule has 1 unspecified atom stereocenters. The van der Waals surface area contributed by atoms with E-state index in [0.29, 0.717) is 5.92 Å². The first-order chi connectivity index (χ1) is 5.62. The number of allylic oxidation sites excluding steroid dienone is 3. The predicted molar refractivity (Wildman–Crippen MR) is 59.4 cm³/mol. The minimum absolute atomic E-state index is 0.699. The second kappa shape index (κ2) is 10.5. The Morgan fingerprint density at radius 1 is 1.42 bits per heavy atom. The summed E-state index contributed by atoms with van der Waals surface area (Å²) >= 11 is 0. The van der Waals surface area contributed by atoms with E-state index in [1.807, 2.05) is 6.08 Å². The van der Waals surface area contributed by atoms with Crippen molar-refractivity contribution in [2.45, 2.75) is 47.5 Å². The molecule has 0 aromatic rings. The summed E-state index contributed by atoms with van der Waals surface area (Å²) in [6.45, 7) is 14.3. The third-order valence-corrected chi connectivity index (χ3v) is 2.10. The van der Waals surface area contributed by atoms with Crippen LogP contribution in [0.1, 0.15) is 47.5 Å². The molecule has 1 atom stereocenters. The summed E-state index contributed by atoms with van der Waals surface area (Å²) < 4.78 is 0. The van der Waals surface area contributed by atoms with Gasteiger partial charge in [0.1, 0.15) is 0 Å². The molecular weight excluding hydrogens is 144 g/mol. The van der Waals surface area contributed by atoms with Gasteiger partial charge in [0.15, 0.2) is 0 Å². The zero-order valence-electron chi connectivity index (χ0n) is 9.35. The zero-order chi connectivity index (χ0) is 9.98. The fraction of sp³-hybridized carbons (Fsp3) is 0.667. The van der Waals surface area contributed by atoms with Crippen LogP contribution in [0.5, 0.6) is 0 Å². The maximum atomic E-state index is 3.63. The summed E-state index contributed by atoms with van der Waals surface area (Å²) in [7, 11) is 0. The monoisotopic (exact) mass is 168 g/mol. The molecule has 0 aromatic carbocycles. The van der Waals surface area contributed by atoms with Crippen LogP contribution in [-0.4, -0.2) is 0 Å². The molecule has 0 aliphatic heterocycles. The highest BCUT2D eigenvalue weighted by molar-refractivity contribution is 4.93. The molecular formula is C12H24. The molecule has 0 fully saturated rings. The molecule has 0 heteroatoms. The van der Waals surface area contributed by atoms with Crippen molar-refractivity contribution < 1.29 is 0 Å². The number of hydrogen-bond donors (Lipinski definition) is 0. The molecule has 0 aliphatic rings. The van der Waals surface area contributed by atoms with Gasteiger partial charge in [0, 0.05) is 0 Å². The minimum Gasteiger partial charge on any atom is -0.103 e. The fourth-order valence-corrected chi connectivity index (χ4v) is 0.371. The first-order valence-electron chi connectivity index (χ1n) is 4.86. The summed E-state index contributed by atoms with van der Waals surface area (Å²) in [6, 6.07) is 0. The van der Waals surface area contributed by atoms with E-state index < -0.39 is 0 Å². The van der Waals surface area contributed by atoms with Gasteiger partial charge in [-0.3, -0.25) is 0 Å². The maximum absolute atomic E-state index is 3.63. The van der Waals surface area contributed by atoms with Gasteiger partial charge in [-0.2, -0.15) is 0 Å². The van der Waals surface area contributed by atoms with Crippen molar-refractivity contribution >= 4 is 0 Å². The zero-order valence-corrected chi connectivity index (χ0v) is 9.35. The van der Waals surface area contributed by atoms with Gasteiger partial charge in [0.05, 0.1) is 0 Å². The van der Waals surface area contributed by atoms with Crippen molar-refractivity contribution in [3.63, 3.8) is 0 Å². The van der Waals surface area contributed by atoms with Crippen LogP contribution in [-0.2, 0) is 0 Å². The predicted octanol–water partition coefficient (Wildman–Crippen LogP) is 4.58. The van der Waals surface area contributed by atoms with Crippen LogP contribution < -0.4 is 0 Å². The third kappa shape index (κ3) is 12.2. The number of hydrogen-bond acceptors (Lipinski definition) is 0. The number of rotatable bonds is 3. The van der Waals surface area contributed by atoms with E-state index in [9.17, 15) is 0 Å². The molecule has 0 saturated carbocycles. The third-order valence-electron chi connectivity index (χ3n) is 2.10. The second-order valence-electron chi connectivity index (χ2n) is 3.11. The Bertz CT molecular complexity index is 120. The highest BCUT2D eigenvalue weighted by Crippen LogP contribution is 1.98. The minimum atomic E-state index is 0.699. The first kappa shape index (κ1) is 14.0. The van der Waals surface area contributed by atoms with Gasteiger partial charge >= 0.3 is 0 Å². The molecule has 0 radical (unpaired) electrons. The van der Waals surface area contributed by atoms with Crippen LogP contribution in [0, 0.1) is 5.92 Å². The van der Waals surface area contributed by atoms with Crippen LogP contribution in [0.4, 0.5) is 0 Å². The quantitative estimate of drug-likeness (QED) is 0.541. The Morgan fingerprint density at radius 2 is 1.92 bits per heavy atom. The molecule has 0 aromatic heterocycles. The summed E-state index contributed by atoms with van der Waals surface area (Å²) in [6.07, 6.45) is 6.51. The second-order valence-corrected chi connectivity index (χ2v) is 3.11. The first-order valence-corrected chi connectivity index (χ1v) is 4.86. The van der Waals surface area contributed by atoms with Gasteiger partial charge in [-0.05, 0) is 26.2 Å². The van der Waals surface area contributed by atoms with E-state index in [-0.39, 0.29) is 0 Å². The van der Waals surface area contributed by atoms with Gasteiger partial charge in [0.25, 0.3) is 0 Å². The van der Waals surface area contributed by atoms with E-state index in [2.05, 4.69) is 47.3 Å². The van der Waals surface area contributed by atoms with Gasteiger partial charge < -0.3 is 0 Å². The molecule has 0 rings (SSSR count). The maximum Gasteiger partial charge on any atom is -0.0267 e. The molecule has 72 valence electrons.